The first kappa shape index (κ1) is 14.8. The lowest BCUT2D eigenvalue weighted by Gasteiger charge is -2.36. The Morgan fingerprint density at radius 1 is 1.33 bits per heavy atom. The van der Waals surface area contributed by atoms with Crippen molar-refractivity contribution in [1.82, 2.24) is 14.5 Å². The number of fused-ring (bicyclic) bond motifs is 1. The second-order valence-corrected chi connectivity index (χ2v) is 6.82. The highest BCUT2D eigenvalue weighted by Crippen LogP contribution is 2.40. The largest absolute Gasteiger partial charge is 0.309 e. The summed E-state index contributed by atoms with van der Waals surface area (Å²) in [7, 11) is 0. The van der Waals surface area contributed by atoms with E-state index in [2.05, 4.69) is 29.5 Å². The van der Waals surface area contributed by atoms with Crippen molar-refractivity contribution in [3.8, 4) is 0 Å². The predicted octanol–water partition coefficient (Wildman–Crippen LogP) is 4.60. The minimum atomic E-state index is 0.525. The van der Waals surface area contributed by atoms with Gasteiger partial charge in [0.15, 0.2) is 5.65 Å². The average molecular weight is 306 g/mol. The van der Waals surface area contributed by atoms with Crippen LogP contribution in [0.5, 0.6) is 0 Å². The van der Waals surface area contributed by atoms with Gasteiger partial charge in [-0.2, -0.15) is 0 Å². The van der Waals surface area contributed by atoms with E-state index in [0.29, 0.717) is 23.8 Å². The van der Waals surface area contributed by atoms with E-state index in [-0.39, 0.29) is 0 Å². The van der Waals surface area contributed by atoms with Crippen LogP contribution in [0.3, 0.4) is 0 Å². The first-order chi connectivity index (χ1) is 10.2. The Morgan fingerprint density at radius 2 is 2.14 bits per heavy atom. The second kappa shape index (κ2) is 6.35. The number of halogens is 1. The van der Waals surface area contributed by atoms with Crippen LogP contribution in [0.15, 0.2) is 18.3 Å². The zero-order chi connectivity index (χ0) is 14.8. The summed E-state index contributed by atoms with van der Waals surface area (Å²) in [4.78, 5) is 9.40. The van der Waals surface area contributed by atoms with Gasteiger partial charge < -0.3 is 4.57 Å². The Bertz CT molecular complexity index is 605. The maximum Gasteiger partial charge on any atom is 0.160 e. The first-order valence-corrected chi connectivity index (χ1v) is 8.63. The van der Waals surface area contributed by atoms with E-state index in [4.69, 9.17) is 16.6 Å². The second-order valence-electron chi connectivity index (χ2n) is 6.44. The molecule has 2 aromatic heterocycles. The van der Waals surface area contributed by atoms with Crippen LogP contribution in [0.25, 0.3) is 11.2 Å². The quantitative estimate of drug-likeness (QED) is 0.773. The molecule has 0 aliphatic heterocycles. The van der Waals surface area contributed by atoms with Crippen LogP contribution in [0.1, 0.15) is 51.4 Å². The zero-order valence-electron chi connectivity index (χ0n) is 12.9. The van der Waals surface area contributed by atoms with Crippen molar-refractivity contribution in [3.05, 3.63) is 24.2 Å². The van der Waals surface area contributed by atoms with Gasteiger partial charge in [0.05, 0.1) is 0 Å². The molecule has 3 rings (SSSR count). The predicted molar refractivity (Wildman–Crippen MR) is 87.8 cm³/mol. The van der Waals surface area contributed by atoms with E-state index >= 15 is 0 Å². The van der Waals surface area contributed by atoms with E-state index in [1.54, 1.807) is 0 Å². The SMILES string of the molecule is CC(C)C1CCCCC1n1c(CCCl)nc2cccnc21. The van der Waals surface area contributed by atoms with Crippen LogP contribution >= 0.6 is 11.6 Å². The van der Waals surface area contributed by atoms with Gasteiger partial charge in [0.25, 0.3) is 0 Å². The highest BCUT2D eigenvalue weighted by Gasteiger charge is 2.31. The summed E-state index contributed by atoms with van der Waals surface area (Å²) in [6.07, 6.45) is 7.90. The molecule has 2 heterocycles. The molecular weight excluding hydrogens is 282 g/mol. The number of aryl methyl sites for hydroxylation is 1. The highest BCUT2D eigenvalue weighted by molar-refractivity contribution is 6.17. The van der Waals surface area contributed by atoms with Gasteiger partial charge in [0.1, 0.15) is 11.3 Å². The Morgan fingerprint density at radius 3 is 2.90 bits per heavy atom. The summed E-state index contributed by atoms with van der Waals surface area (Å²) in [6.45, 7) is 4.69. The molecule has 1 aliphatic rings. The number of alkyl halides is 1. The van der Waals surface area contributed by atoms with Gasteiger partial charge in [0.2, 0.25) is 0 Å². The molecule has 0 N–H and O–H groups in total. The lowest BCUT2D eigenvalue weighted by atomic mass is 9.77. The monoisotopic (exact) mass is 305 g/mol. The van der Waals surface area contributed by atoms with Crippen molar-refractivity contribution < 1.29 is 0 Å². The van der Waals surface area contributed by atoms with Crippen LogP contribution < -0.4 is 0 Å². The summed E-state index contributed by atoms with van der Waals surface area (Å²) in [6, 6.07) is 4.55. The summed E-state index contributed by atoms with van der Waals surface area (Å²) >= 11 is 6.00. The molecule has 1 saturated carbocycles. The van der Waals surface area contributed by atoms with Crippen molar-refractivity contribution >= 4 is 22.8 Å². The fraction of sp³-hybridized carbons (Fsp3) is 0.647. The fourth-order valence-corrected chi connectivity index (χ4v) is 3.99. The minimum absolute atomic E-state index is 0.525. The van der Waals surface area contributed by atoms with E-state index in [0.717, 1.165) is 23.4 Å². The van der Waals surface area contributed by atoms with Crippen LogP contribution in [0.2, 0.25) is 0 Å². The Balaban J connectivity index is 2.10. The smallest absolute Gasteiger partial charge is 0.160 e. The minimum Gasteiger partial charge on any atom is -0.309 e. The number of rotatable bonds is 4. The van der Waals surface area contributed by atoms with Crippen molar-refractivity contribution in [2.45, 2.75) is 52.0 Å². The molecule has 0 radical (unpaired) electrons. The average Bonchev–Trinajstić information content (AvgIpc) is 2.85. The summed E-state index contributed by atoms with van der Waals surface area (Å²) < 4.78 is 2.40. The van der Waals surface area contributed by atoms with E-state index in [1.807, 2.05) is 12.3 Å². The molecule has 3 nitrogen and oxygen atoms in total. The molecule has 0 saturated heterocycles. The van der Waals surface area contributed by atoms with Crippen molar-refractivity contribution in [3.63, 3.8) is 0 Å². The van der Waals surface area contributed by atoms with Gasteiger partial charge >= 0.3 is 0 Å². The molecule has 2 aromatic rings. The van der Waals surface area contributed by atoms with Gasteiger partial charge in [-0.05, 0) is 36.8 Å². The molecule has 2 unspecified atom stereocenters. The number of pyridine rings is 1. The Hall–Kier alpha value is -1.09. The topological polar surface area (TPSA) is 30.7 Å². The number of hydrogen-bond acceptors (Lipinski definition) is 2. The molecule has 1 aliphatic carbocycles. The van der Waals surface area contributed by atoms with Crippen LogP contribution in [0.4, 0.5) is 0 Å². The van der Waals surface area contributed by atoms with Gasteiger partial charge in [-0.25, -0.2) is 9.97 Å². The number of nitrogens with zero attached hydrogens (tertiary/aromatic N) is 3. The molecular formula is C17H24ClN3. The third-order valence-electron chi connectivity index (χ3n) is 4.81. The van der Waals surface area contributed by atoms with Crippen molar-refractivity contribution in [2.24, 2.45) is 11.8 Å². The molecule has 114 valence electrons. The highest BCUT2D eigenvalue weighted by atomic mass is 35.5. The van der Waals surface area contributed by atoms with Crippen LogP contribution in [-0.4, -0.2) is 20.4 Å². The Kier molecular flexibility index (Phi) is 4.48. The Labute approximate surface area is 131 Å². The van der Waals surface area contributed by atoms with Gasteiger partial charge in [-0.15, -0.1) is 11.6 Å². The van der Waals surface area contributed by atoms with Crippen molar-refractivity contribution in [1.29, 1.82) is 0 Å². The lowest BCUT2D eigenvalue weighted by Crippen LogP contribution is -2.28. The summed E-state index contributed by atoms with van der Waals surface area (Å²) in [5.41, 5.74) is 2.04. The third-order valence-corrected chi connectivity index (χ3v) is 5.00. The normalized spacial score (nSPS) is 23.0. The summed E-state index contributed by atoms with van der Waals surface area (Å²) in [5.74, 6) is 3.13. The molecule has 2 atom stereocenters. The van der Waals surface area contributed by atoms with Gasteiger partial charge in [0, 0.05) is 24.5 Å². The molecule has 21 heavy (non-hydrogen) atoms. The van der Waals surface area contributed by atoms with E-state index in [1.165, 1.54) is 25.7 Å². The number of hydrogen-bond donors (Lipinski definition) is 0. The number of imidazole rings is 1. The van der Waals surface area contributed by atoms with E-state index in [9.17, 15) is 0 Å². The van der Waals surface area contributed by atoms with Gasteiger partial charge in [-0.3, -0.25) is 0 Å². The zero-order valence-corrected chi connectivity index (χ0v) is 13.7. The first-order valence-electron chi connectivity index (χ1n) is 8.10. The lowest BCUT2D eigenvalue weighted by molar-refractivity contribution is 0.184. The fourth-order valence-electron chi connectivity index (χ4n) is 3.82. The standard InChI is InChI=1S/C17H24ClN3/c1-12(2)13-6-3-4-8-15(13)21-16(9-10-18)20-14-7-5-11-19-17(14)21/h5,7,11-13,15H,3-4,6,8-10H2,1-2H3. The maximum absolute atomic E-state index is 6.00. The summed E-state index contributed by atoms with van der Waals surface area (Å²) in [5, 5.41) is 0. The molecule has 0 spiro atoms. The van der Waals surface area contributed by atoms with Crippen LogP contribution in [0, 0.1) is 11.8 Å². The molecule has 0 amide bonds. The van der Waals surface area contributed by atoms with Crippen LogP contribution in [-0.2, 0) is 6.42 Å². The van der Waals surface area contributed by atoms with Gasteiger partial charge in [-0.1, -0.05) is 26.7 Å². The third kappa shape index (κ3) is 2.80. The van der Waals surface area contributed by atoms with E-state index < -0.39 is 0 Å². The molecule has 0 aromatic carbocycles. The van der Waals surface area contributed by atoms with Crippen molar-refractivity contribution in [2.75, 3.05) is 5.88 Å². The maximum atomic E-state index is 6.00. The molecule has 4 heteroatoms. The number of aromatic nitrogens is 3. The molecule has 0 bridgehead atoms. The molecule has 1 fully saturated rings.